The van der Waals surface area contributed by atoms with Crippen LogP contribution in [0.25, 0.3) is 5.57 Å². The zero-order valence-electron chi connectivity index (χ0n) is 17.0. The first-order valence-electron chi connectivity index (χ1n) is 10.6. The summed E-state index contributed by atoms with van der Waals surface area (Å²) < 4.78 is 35.6. The van der Waals surface area contributed by atoms with Crippen LogP contribution in [0.2, 0.25) is 0 Å². The molecule has 0 spiro atoms. The van der Waals surface area contributed by atoms with Crippen molar-refractivity contribution in [3.05, 3.63) is 95.3 Å². The minimum Gasteiger partial charge on any atom is -0.508 e. The van der Waals surface area contributed by atoms with E-state index >= 15 is 4.39 Å². The molecule has 3 nitrogen and oxygen atoms in total. The molecule has 1 N–H and O–H groups in total. The molecule has 1 saturated heterocycles. The number of nitrogens with zero attached hydrogens (tertiary/aromatic N) is 1. The second-order valence-corrected chi connectivity index (χ2v) is 8.08. The Labute approximate surface area is 180 Å². The van der Waals surface area contributed by atoms with E-state index in [-0.39, 0.29) is 17.4 Å². The molecular weight excluding hydrogens is 396 g/mol. The summed E-state index contributed by atoms with van der Waals surface area (Å²) in [7, 11) is 0. The molecule has 0 saturated carbocycles. The van der Waals surface area contributed by atoms with E-state index in [2.05, 4.69) is 4.90 Å². The number of anilines is 1. The number of hydrogen-bond acceptors (Lipinski definition) is 3. The number of hydrogen-bond donors (Lipinski definition) is 1. The molecular formula is C26H23F2NO2. The van der Waals surface area contributed by atoms with Gasteiger partial charge in [0.15, 0.2) is 0 Å². The molecule has 0 aromatic heterocycles. The van der Waals surface area contributed by atoms with Gasteiger partial charge in [-0.2, -0.15) is 0 Å². The molecule has 158 valence electrons. The molecule has 2 aliphatic rings. The molecule has 3 aromatic carbocycles. The summed E-state index contributed by atoms with van der Waals surface area (Å²) >= 11 is 0. The van der Waals surface area contributed by atoms with E-state index in [9.17, 15) is 9.50 Å². The molecule has 2 aliphatic heterocycles. The Morgan fingerprint density at radius 3 is 2.45 bits per heavy atom. The maximum atomic E-state index is 15.2. The number of phenolic OH excluding ortho intramolecular Hbond substituents is 1. The van der Waals surface area contributed by atoms with Crippen LogP contribution in [0.1, 0.15) is 41.9 Å². The lowest BCUT2D eigenvalue weighted by Gasteiger charge is -2.31. The molecule has 5 heteroatoms. The summed E-state index contributed by atoms with van der Waals surface area (Å²) in [5.41, 5.74) is 3.10. The summed E-state index contributed by atoms with van der Waals surface area (Å²) in [6.45, 7) is 1.71. The van der Waals surface area contributed by atoms with E-state index in [1.807, 2.05) is 12.1 Å². The Balaban J connectivity index is 1.61. The number of ether oxygens (including phenoxy) is 1. The molecule has 2 heterocycles. The van der Waals surface area contributed by atoms with Crippen LogP contribution in [0.3, 0.4) is 0 Å². The van der Waals surface area contributed by atoms with Crippen molar-refractivity contribution in [2.75, 3.05) is 18.0 Å². The number of phenols is 1. The molecule has 0 amide bonds. The van der Waals surface area contributed by atoms with Crippen LogP contribution in [0, 0.1) is 11.6 Å². The maximum absolute atomic E-state index is 15.2. The molecule has 1 atom stereocenters. The van der Waals surface area contributed by atoms with Gasteiger partial charge in [-0.15, -0.1) is 0 Å². The zero-order chi connectivity index (χ0) is 21.4. The van der Waals surface area contributed by atoms with Crippen LogP contribution in [0.15, 0.2) is 66.9 Å². The third kappa shape index (κ3) is 3.65. The molecule has 31 heavy (non-hydrogen) atoms. The molecule has 3 aromatic rings. The van der Waals surface area contributed by atoms with Gasteiger partial charge in [-0.3, -0.25) is 0 Å². The highest BCUT2D eigenvalue weighted by Gasteiger charge is 2.30. The first-order valence-corrected chi connectivity index (χ1v) is 10.6. The van der Waals surface area contributed by atoms with Crippen LogP contribution in [-0.4, -0.2) is 18.2 Å². The Morgan fingerprint density at radius 2 is 1.68 bits per heavy atom. The lowest BCUT2D eigenvalue weighted by molar-refractivity contribution is 0.443. The highest BCUT2D eigenvalue weighted by atomic mass is 19.1. The van der Waals surface area contributed by atoms with Crippen molar-refractivity contribution in [1.29, 1.82) is 0 Å². The van der Waals surface area contributed by atoms with Gasteiger partial charge in [-0.05, 0) is 49.1 Å². The fourth-order valence-electron chi connectivity index (χ4n) is 4.59. The van der Waals surface area contributed by atoms with Gasteiger partial charge in [0.2, 0.25) is 0 Å². The molecule has 0 bridgehead atoms. The van der Waals surface area contributed by atoms with E-state index in [0.717, 1.165) is 31.5 Å². The number of rotatable bonds is 3. The number of aromatic hydroxyl groups is 1. The first-order chi connectivity index (χ1) is 15.1. The fourth-order valence-corrected chi connectivity index (χ4v) is 4.59. The van der Waals surface area contributed by atoms with Crippen LogP contribution in [-0.2, 0) is 0 Å². The van der Waals surface area contributed by atoms with Crippen LogP contribution in [0.5, 0.6) is 11.5 Å². The number of fused-ring (bicyclic) bond motifs is 1. The van der Waals surface area contributed by atoms with Gasteiger partial charge in [0.25, 0.3) is 0 Å². The minimum absolute atomic E-state index is 0.0758. The van der Waals surface area contributed by atoms with Crippen molar-refractivity contribution in [3.8, 4) is 11.5 Å². The molecule has 5 rings (SSSR count). The standard InChI is InChI=1S/C26H23F2NO2/c27-22-7-3-2-6-19(22)21-16-31-25-15-18(30)9-10-20(25)26(21)17-8-11-24(23(28)14-17)29-12-4-1-5-13-29/h2-3,6-11,14-16,26,30H,1,4-5,12-13H2. The highest BCUT2D eigenvalue weighted by Crippen LogP contribution is 2.47. The van der Waals surface area contributed by atoms with Crippen LogP contribution in [0.4, 0.5) is 14.5 Å². The van der Waals surface area contributed by atoms with Gasteiger partial charge < -0.3 is 14.7 Å². The summed E-state index contributed by atoms with van der Waals surface area (Å²) in [6.07, 6.45) is 4.82. The SMILES string of the molecule is Oc1ccc2c(c1)OC=C(c1ccccc1F)C2c1ccc(N2CCCCC2)c(F)c1. The summed E-state index contributed by atoms with van der Waals surface area (Å²) in [5, 5.41) is 9.87. The smallest absolute Gasteiger partial charge is 0.146 e. The van der Waals surface area contributed by atoms with Crippen molar-refractivity contribution >= 4 is 11.3 Å². The van der Waals surface area contributed by atoms with E-state index in [0.29, 0.717) is 28.1 Å². The summed E-state index contributed by atoms with van der Waals surface area (Å²) in [6, 6.07) is 16.6. The Kier molecular flexibility index (Phi) is 5.10. The second-order valence-electron chi connectivity index (χ2n) is 8.08. The number of halogens is 2. The van der Waals surface area contributed by atoms with E-state index in [1.165, 1.54) is 24.8 Å². The molecule has 0 aliphatic carbocycles. The maximum Gasteiger partial charge on any atom is 0.146 e. The molecule has 0 radical (unpaired) electrons. The lowest BCUT2D eigenvalue weighted by Crippen LogP contribution is -2.30. The molecule has 1 fully saturated rings. The predicted molar refractivity (Wildman–Crippen MR) is 117 cm³/mol. The zero-order valence-corrected chi connectivity index (χ0v) is 17.0. The van der Waals surface area contributed by atoms with Gasteiger partial charge in [-0.25, -0.2) is 8.78 Å². The van der Waals surface area contributed by atoms with Crippen molar-refractivity contribution in [1.82, 2.24) is 0 Å². The third-order valence-electron chi connectivity index (χ3n) is 6.12. The average molecular weight is 419 g/mol. The summed E-state index contributed by atoms with van der Waals surface area (Å²) in [4.78, 5) is 2.09. The largest absolute Gasteiger partial charge is 0.508 e. The van der Waals surface area contributed by atoms with Gasteiger partial charge >= 0.3 is 0 Å². The monoisotopic (exact) mass is 419 g/mol. The molecule has 1 unspecified atom stereocenters. The van der Waals surface area contributed by atoms with Gasteiger partial charge in [0, 0.05) is 41.8 Å². The average Bonchev–Trinajstić information content (AvgIpc) is 2.79. The fraction of sp³-hybridized carbons (Fsp3) is 0.231. The quantitative estimate of drug-likeness (QED) is 0.547. The highest BCUT2D eigenvalue weighted by molar-refractivity contribution is 5.78. The topological polar surface area (TPSA) is 32.7 Å². The van der Waals surface area contributed by atoms with Gasteiger partial charge in [-0.1, -0.05) is 30.3 Å². The van der Waals surface area contributed by atoms with E-state index in [4.69, 9.17) is 4.74 Å². The number of benzene rings is 3. The van der Waals surface area contributed by atoms with Crippen LogP contribution < -0.4 is 9.64 Å². The normalized spacial score (nSPS) is 18.2. The second kappa shape index (κ2) is 8.06. The van der Waals surface area contributed by atoms with Crippen molar-refractivity contribution in [2.45, 2.75) is 25.2 Å². The summed E-state index contributed by atoms with van der Waals surface area (Å²) in [5.74, 6) is -0.516. The minimum atomic E-state index is -0.425. The van der Waals surface area contributed by atoms with Gasteiger partial charge in [0.05, 0.1) is 11.9 Å². The third-order valence-corrected chi connectivity index (χ3v) is 6.12. The number of allylic oxidation sites excluding steroid dienone is 1. The Hall–Kier alpha value is -3.34. The van der Waals surface area contributed by atoms with E-state index < -0.39 is 5.92 Å². The van der Waals surface area contributed by atoms with Crippen LogP contribution >= 0.6 is 0 Å². The Bertz CT molecular complexity index is 1150. The Morgan fingerprint density at radius 1 is 0.871 bits per heavy atom. The van der Waals surface area contributed by atoms with Crippen molar-refractivity contribution < 1.29 is 18.6 Å². The lowest BCUT2D eigenvalue weighted by atomic mass is 9.80. The van der Waals surface area contributed by atoms with Crippen molar-refractivity contribution in [2.24, 2.45) is 0 Å². The predicted octanol–water partition coefficient (Wildman–Crippen LogP) is 6.23. The first kappa shape index (κ1) is 19.6. The van der Waals surface area contributed by atoms with E-state index in [1.54, 1.807) is 36.4 Å². The van der Waals surface area contributed by atoms with Gasteiger partial charge in [0.1, 0.15) is 23.1 Å². The van der Waals surface area contributed by atoms with Crippen molar-refractivity contribution in [3.63, 3.8) is 0 Å². The number of piperidine rings is 1.